The second-order valence-electron chi connectivity index (χ2n) is 4.11. The van der Waals surface area contributed by atoms with Gasteiger partial charge in [-0.25, -0.2) is 4.98 Å². The summed E-state index contributed by atoms with van der Waals surface area (Å²) in [5.41, 5.74) is 0.591. The quantitative estimate of drug-likeness (QED) is 0.788. The topological polar surface area (TPSA) is 74.7 Å². The monoisotopic (exact) mass is 251 g/mol. The molecule has 1 saturated heterocycles. The first-order chi connectivity index (χ1) is 8.74. The fourth-order valence-electron chi connectivity index (χ4n) is 1.90. The number of anilines is 1. The first kappa shape index (κ1) is 12.8. The summed E-state index contributed by atoms with van der Waals surface area (Å²) in [4.78, 5) is 18.0. The van der Waals surface area contributed by atoms with Gasteiger partial charge in [0.05, 0.1) is 19.3 Å². The molecule has 0 aromatic carbocycles. The number of hydrogen-bond donors (Lipinski definition) is 2. The number of carbonyl (C=O) groups is 1. The van der Waals surface area contributed by atoms with Crippen LogP contribution in [0.4, 0.5) is 5.82 Å². The van der Waals surface area contributed by atoms with Gasteiger partial charge in [-0.2, -0.15) is 0 Å². The molecule has 0 bridgehead atoms. The van der Waals surface area contributed by atoms with Crippen LogP contribution in [-0.4, -0.2) is 60.4 Å². The van der Waals surface area contributed by atoms with Crippen LogP contribution in [-0.2, 0) is 4.74 Å². The molecule has 1 aromatic heterocycles. The van der Waals surface area contributed by atoms with Gasteiger partial charge in [-0.3, -0.25) is 4.79 Å². The molecule has 6 nitrogen and oxygen atoms in total. The minimum atomic E-state index is -0.284. The van der Waals surface area contributed by atoms with Crippen LogP contribution in [0.15, 0.2) is 18.3 Å². The molecule has 1 aromatic rings. The lowest BCUT2D eigenvalue weighted by molar-refractivity contribution is -0.0447. The van der Waals surface area contributed by atoms with E-state index in [1.807, 2.05) is 0 Å². The summed E-state index contributed by atoms with van der Waals surface area (Å²) in [6.07, 6.45) is 1.32. The van der Waals surface area contributed by atoms with Crippen molar-refractivity contribution in [3.05, 3.63) is 23.9 Å². The van der Waals surface area contributed by atoms with Gasteiger partial charge in [-0.15, -0.1) is 0 Å². The highest BCUT2D eigenvalue weighted by Gasteiger charge is 2.24. The smallest absolute Gasteiger partial charge is 0.254 e. The van der Waals surface area contributed by atoms with Gasteiger partial charge in [0, 0.05) is 31.9 Å². The van der Waals surface area contributed by atoms with Gasteiger partial charge in [0.2, 0.25) is 0 Å². The molecule has 18 heavy (non-hydrogen) atoms. The van der Waals surface area contributed by atoms with Crippen molar-refractivity contribution in [2.45, 2.75) is 6.10 Å². The van der Waals surface area contributed by atoms with E-state index in [2.05, 4.69) is 10.3 Å². The number of rotatable bonds is 3. The third-order valence-electron chi connectivity index (χ3n) is 2.89. The zero-order valence-electron chi connectivity index (χ0n) is 10.3. The van der Waals surface area contributed by atoms with Crippen molar-refractivity contribution in [1.29, 1.82) is 0 Å². The van der Waals surface area contributed by atoms with Crippen LogP contribution in [0.5, 0.6) is 0 Å². The summed E-state index contributed by atoms with van der Waals surface area (Å²) in [6.45, 7) is 1.36. The predicted molar refractivity (Wildman–Crippen MR) is 66.5 cm³/mol. The molecule has 1 aliphatic rings. The fraction of sp³-hybridized carbons (Fsp3) is 0.500. The van der Waals surface area contributed by atoms with Gasteiger partial charge < -0.3 is 20.1 Å². The molecule has 98 valence electrons. The van der Waals surface area contributed by atoms with Gasteiger partial charge >= 0.3 is 0 Å². The van der Waals surface area contributed by atoms with Crippen molar-refractivity contribution in [2.75, 3.05) is 38.7 Å². The molecule has 2 N–H and O–H groups in total. The van der Waals surface area contributed by atoms with E-state index in [1.54, 1.807) is 30.3 Å². The number of aliphatic hydroxyl groups excluding tert-OH is 1. The average Bonchev–Trinajstić information content (AvgIpc) is 2.46. The van der Waals surface area contributed by atoms with Crippen molar-refractivity contribution in [3.63, 3.8) is 0 Å². The molecule has 0 spiro atoms. The summed E-state index contributed by atoms with van der Waals surface area (Å²) in [7, 11) is 1.76. The van der Waals surface area contributed by atoms with Gasteiger partial charge in [-0.1, -0.05) is 0 Å². The SMILES string of the molecule is CNc1cc(C(=O)N2CCOC(CO)C2)ccn1. The Hall–Kier alpha value is -1.66. The highest BCUT2D eigenvalue weighted by Crippen LogP contribution is 2.12. The van der Waals surface area contributed by atoms with E-state index >= 15 is 0 Å². The fourth-order valence-corrected chi connectivity index (χ4v) is 1.90. The molecule has 6 heteroatoms. The predicted octanol–water partition coefficient (Wildman–Crippen LogP) is -0.0434. The largest absolute Gasteiger partial charge is 0.394 e. The maximum Gasteiger partial charge on any atom is 0.254 e. The number of pyridine rings is 1. The zero-order valence-corrected chi connectivity index (χ0v) is 10.3. The summed E-state index contributed by atoms with van der Waals surface area (Å²) >= 11 is 0. The zero-order chi connectivity index (χ0) is 13.0. The van der Waals surface area contributed by atoms with Gasteiger partial charge in [0.25, 0.3) is 5.91 Å². The number of aromatic nitrogens is 1. The number of hydrogen-bond acceptors (Lipinski definition) is 5. The van der Waals surface area contributed by atoms with Crippen LogP contribution in [0.1, 0.15) is 10.4 Å². The molecule has 0 radical (unpaired) electrons. The Bertz CT molecular complexity index is 425. The minimum Gasteiger partial charge on any atom is -0.394 e. The lowest BCUT2D eigenvalue weighted by Gasteiger charge is -2.32. The molecule has 1 amide bonds. The molecular weight excluding hydrogens is 234 g/mol. The molecule has 1 fully saturated rings. The van der Waals surface area contributed by atoms with Crippen LogP contribution in [0.3, 0.4) is 0 Å². The van der Waals surface area contributed by atoms with E-state index < -0.39 is 0 Å². The van der Waals surface area contributed by atoms with E-state index in [-0.39, 0.29) is 18.6 Å². The van der Waals surface area contributed by atoms with Crippen LogP contribution in [0.2, 0.25) is 0 Å². The van der Waals surface area contributed by atoms with Gasteiger partial charge in [-0.05, 0) is 12.1 Å². The summed E-state index contributed by atoms with van der Waals surface area (Å²) in [5, 5.41) is 12.0. The number of nitrogens with one attached hydrogen (secondary N) is 1. The molecule has 1 aliphatic heterocycles. The number of aliphatic hydroxyl groups is 1. The normalized spacial score (nSPS) is 19.7. The summed E-state index contributed by atoms with van der Waals surface area (Å²) < 4.78 is 5.32. The van der Waals surface area contributed by atoms with Crippen LogP contribution >= 0.6 is 0 Å². The third-order valence-corrected chi connectivity index (χ3v) is 2.89. The molecule has 0 saturated carbocycles. The molecule has 2 rings (SSSR count). The maximum absolute atomic E-state index is 12.3. The number of morpholine rings is 1. The molecule has 2 heterocycles. The first-order valence-corrected chi connectivity index (χ1v) is 5.90. The van der Waals surface area contributed by atoms with E-state index in [0.29, 0.717) is 31.1 Å². The molecule has 1 atom stereocenters. The van der Waals surface area contributed by atoms with Crippen molar-refractivity contribution >= 4 is 11.7 Å². The maximum atomic E-state index is 12.3. The van der Waals surface area contributed by atoms with E-state index in [1.165, 1.54) is 0 Å². The Kier molecular flexibility index (Phi) is 4.11. The lowest BCUT2D eigenvalue weighted by atomic mass is 10.2. The Morgan fingerprint density at radius 3 is 3.28 bits per heavy atom. The van der Waals surface area contributed by atoms with Crippen molar-refractivity contribution in [1.82, 2.24) is 9.88 Å². The molecular formula is C12H17N3O3. The Labute approximate surface area is 106 Å². The van der Waals surface area contributed by atoms with Crippen LogP contribution in [0.25, 0.3) is 0 Å². The highest BCUT2D eigenvalue weighted by molar-refractivity contribution is 5.94. The van der Waals surface area contributed by atoms with Gasteiger partial charge in [0.1, 0.15) is 5.82 Å². The first-order valence-electron chi connectivity index (χ1n) is 5.90. The second-order valence-corrected chi connectivity index (χ2v) is 4.11. The van der Waals surface area contributed by atoms with E-state index in [0.717, 1.165) is 0 Å². The Morgan fingerprint density at radius 1 is 1.72 bits per heavy atom. The summed E-state index contributed by atoms with van der Waals surface area (Å²) in [6, 6.07) is 3.40. The van der Waals surface area contributed by atoms with Crippen molar-refractivity contribution < 1.29 is 14.6 Å². The average molecular weight is 251 g/mol. The number of amides is 1. The van der Waals surface area contributed by atoms with Gasteiger partial charge in [0.15, 0.2) is 0 Å². The lowest BCUT2D eigenvalue weighted by Crippen LogP contribution is -2.46. The van der Waals surface area contributed by atoms with Crippen LogP contribution < -0.4 is 5.32 Å². The second kappa shape index (κ2) is 5.79. The number of carbonyl (C=O) groups excluding carboxylic acids is 1. The Morgan fingerprint density at radius 2 is 2.56 bits per heavy atom. The van der Waals surface area contributed by atoms with E-state index in [4.69, 9.17) is 9.84 Å². The van der Waals surface area contributed by atoms with Crippen LogP contribution in [0, 0.1) is 0 Å². The Balaban J connectivity index is 2.10. The number of nitrogens with zero attached hydrogens (tertiary/aromatic N) is 2. The highest BCUT2D eigenvalue weighted by atomic mass is 16.5. The summed E-state index contributed by atoms with van der Waals surface area (Å²) in [5.74, 6) is 0.600. The van der Waals surface area contributed by atoms with Crippen molar-refractivity contribution in [2.24, 2.45) is 0 Å². The molecule has 0 aliphatic carbocycles. The third kappa shape index (κ3) is 2.77. The van der Waals surface area contributed by atoms with E-state index in [9.17, 15) is 4.79 Å². The molecule has 1 unspecified atom stereocenters. The number of ether oxygens (including phenoxy) is 1. The standard InChI is InChI=1S/C12H17N3O3/c1-13-11-6-9(2-3-14-11)12(17)15-4-5-18-10(7-15)8-16/h2-3,6,10,16H,4-5,7-8H2,1H3,(H,13,14). The van der Waals surface area contributed by atoms with Crippen molar-refractivity contribution in [3.8, 4) is 0 Å². The minimum absolute atomic E-state index is 0.0596.